The van der Waals surface area contributed by atoms with Crippen molar-refractivity contribution in [3.63, 3.8) is 0 Å². The lowest BCUT2D eigenvalue weighted by molar-refractivity contribution is -0.116. The van der Waals surface area contributed by atoms with Crippen LogP contribution >= 0.6 is 0 Å². The van der Waals surface area contributed by atoms with Crippen LogP contribution in [0.4, 0.5) is 5.82 Å². The van der Waals surface area contributed by atoms with Gasteiger partial charge in [0.25, 0.3) is 0 Å². The van der Waals surface area contributed by atoms with E-state index >= 15 is 0 Å². The fraction of sp³-hybridized carbons (Fsp3) is 0.238. The molecule has 0 unspecified atom stereocenters. The van der Waals surface area contributed by atoms with E-state index in [2.05, 4.69) is 20.5 Å². The van der Waals surface area contributed by atoms with E-state index in [0.29, 0.717) is 35.9 Å². The van der Waals surface area contributed by atoms with Crippen molar-refractivity contribution < 1.29 is 19.1 Å². The number of hydrogen-bond donors (Lipinski definition) is 2. The lowest BCUT2D eigenvalue weighted by atomic mass is 10.1. The van der Waals surface area contributed by atoms with E-state index in [0.717, 1.165) is 11.3 Å². The predicted octanol–water partition coefficient (Wildman–Crippen LogP) is 3.48. The van der Waals surface area contributed by atoms with Crippen LogP contribution in [-0.2, 0) is 4.79 Å². The number of nitrogens with one attached hydrogen (secondary N) is 2. The third kappa shape index (κ3) is 5.41. The van der Waals surface area contributed by atoms with Gasteiger partial charge in [-0.2, -0.15) is 5.10 Å². The predicted molar refractivity (Wildman–Crippen MR) is 108 cm³/mol. The highest BCUT2D eigenvalue weighted by Crippen LogP contribution is 2.28. The summed E-state index contributed by atoms with van der Waals surface area (Å²) in [5.74, 6) is 1.28. The summed E-state index contributed by atoms with van der Waals surface area (Å²) in [6.45, 7) is 1.83. The third-order valence-electron chi connectivity index (χ3n) is 4.19. The molecule has 1 amide bonds. The SMILES string of the molecule is COc1cc(C(C)=O)ccc1OCCCC(=O)Nc1cc(-c2cccnc2)[nH]n1. The number of hydrogen-bond acceptors (Lipinski definition) is 6. The van der Waals surface area contributed by atoms with Gasteiger partial charge in [0, 0.05) is 36.0 Å². The molecule has 3 rings (SSSR count). The van der Waals surface area contributed by atoms with Crippen molar-refractivity contribution in [3.8, 4) is 22.8 Å². The zero-order chi connectivity index (χ0) is 20.6. The van der Waals surface area contributed by atoms with Gasteiger partial charge < -0.3 is 14.8 Å². The first-order valence-electron chi connectivity index (χ1n) is 9.14. The van der Waals surface area contributed by atoms with E-state index in [1.807, 2.05) is 12.1 Å². The van der Waals surface area contributed by atoms with E-state index in [-0.39, 0.29) is 18.1 Å². The van der Waals surface area contributed by atoms with Crippen LogP contribution in [-0.4, -0.2) is 40.6 Å². The Labute approximate surface area is 168 Å². The van der Waals surface area contributed by atoms with Crippen LogP contribution in [0.2, 0.25) is 0 Å². The fourth-order valence-corrected chi connectivity index (χ4v) is 2.68. The molecule has 0 aliphatic carbocycles. The summed E-state index contributed by atoms with van der Waals surface area (Å²) in [7, 11) is 1.52. The van der Waals surface area contributed by atoms with Gasteiger partial charge in [0.05, 0.1) is 19.4 Å². The van der Waals surface area contributed by atoms with Gasteiger partial charge in [0.15, 0.2) is 23.1 Å². The molecule has 0 spiro atoms. The van der Waals surface area contributed by atoms with Crippen LogP contribution in [0, 0.1) is 0 Å². The number of benzene rings is 1. The molecule has 150 valence electrons. The first-order chi connectivity index (χ1) is 14.1. The Balaban J connectivity index is 1.46. The maximum absolute atomic E-state index is 12.1. The average molecular weight is 394 g/mol. The number of carbonyl (C=O) groups excluding carboxylic acids is 2. The van der Waals surface area contributed by atoms with Gasteiger partial charge in [0.1, 0.15) is 0 Å². The molecule has 1 aromatic carbocycles. The Hall–Kier alpha value is -3.68. The van der Waals surface area contributed by atoms with Crippen LogP contribution in [0.1, 0.15) is 30.1 Å². The molecule has 0 saturated carbocycles. The molecule has 0 radical (unpaired) electrons. The molecule has 0 atom stereocenters. The van der Waals surface area contributed by atoms with E-state index in [4.69, 9.17) is 9.47 Å². The molecule has 0 fully saturated rings. The highest BCUT2D eigenvalue weighted by molar-refractivity contribution is 5.94. The smallest absolute Gasteiger partial charge is 0.225 e. The number of anilines is 1. The van der Waals surface area contributed by atoms with Gasteiger partial charge in [-0.15, -0.1) is 0 Å². The summed E-state index contributed by atoms with van der Waals surface area (Å²) in [4.78, 5) is 27.6. The number of rotatable bonds is 9. The number of ketones is 1. The Morgan fingerprint density at radius 3 is 2.76 bits per heavy atom. The maximum atomic E-state index is 12.1. The molecule has 2 aromatic heterocycles. The molecule has 2 heterocycles. The number of methoxy groups -OCH3 is 1. The number of amides is 1. The molecule has 3 aromatic rings. The standard InChI is InChI=1S/C21H22N4O4/c1-14(26)15-7-8-18(19(11-15)28-2)29-10-4-6-21(27)23-20-12-17(24-25-20)16-5-3-9-22-13-16/h3,5,7-9,11-13H,4,6,10H2,1-2H3,(H2,23,24,25,27). The summed E-state index contributed by atoms with van der Waals surface area (Å²) in [6.07, 6.45) is 4.21. The van der Waals surface area contributed by atoms with Crippen LogP contribution in [0.25, 0.3) is 11.3 Å². The maximum Gasteiger partial charge on any atom is 0.225 e. The van der Waals surface area contributed by atoms with E-state index in [1.54, 1.807) is 36.7 Å². The second kappa shape index (κ2) is 9.50. The summed E-state index contributed by atoms with van der Waals surface area (Å²) in [5, 5.41) is 9.72. The van der Waals surface area contributed by atoms with E-state index in [1.165, 1.54) is 14.0 Å². The first-order valence-corrected chi connectivity index (χ1v) is 9.14. The number of aromatic nitrogens is 3. The lowest BCUT2D eigenvalue weighted by Gasteiger charge is -2.11. The summed E-state index contributed by atoms with van der Waals surface area (Å²) in [5.41, 5.74) is 2.22. The summed E-state index contributed by atoms with van der Waals surface area (Å²) < 4.78 is 10.9. The Morgan fingerprint density at radius 1 is 1.17 bits per heavy atom. The minimum Gasteiger partial charge on any atom is -0.493 e. The summed E-state index contributed by atoms with van der Waals surface area (Å²) >= 11 is 0. The largest absolute Gasteiger partial charge is 0.493 e. The molecule has 8 nitrogen and oxygen atoms in total. The van der Waals surface area contributed by atoms with Crippen LogP contribution in [0.5, 0.6) is 11.5 Å². The molecular weight excluding hydrogens is 372 g/mol. The molecule has 0 aliphatic heterocycles. The Bertz CT molecular complexity index is 985. The van der Waals surface area contributed by atoms with Crippen molar-refractivity contribution in [2.75, 3.05) is 19.0 Å². The van der Waals surface area contributed by atoms with Crippen LogP contribution < -0.4 is 14.8 Å². The number of ether oxygens (including phenoxy) is 2. The molecule has 0 bridgehead atoms. The van der Waals surface area contributed by atoms with Crippen molar-refractivity contribution in [1.29, 1.82) is 0 Å². The highest BCUT2D eigenvalue weighted by Gasteiger charge is 2.10. The molecular formula is C21H22N4O4. The topological polar surface area (TPSA) is 106 Å². The highest BCUT2D eigenvalue weighted by atomic mass is 16.5. The van der Waals surface area contributed by atoms with Gasteiger partial charge in [0.2, 0.25) is 5.91 Å². The number of aromatic amines is 1. The third-order valence-corrected chi connectivity index (χ3v) is 4.19. The van der Waals surface area contributed by atoms with E-state index < -0.39 is 0 Å². The Kier molecular flexibility index (Phi) is 6.57. The quantitative estimate of drug-likeness (QED) is 0.425. The zero-order valence-corrected chi connectivity index (χ0v) is 16.3. The van der Waals surface area contributed by atoms with E-state index in [9.17, 15) is 9.59 Å². The monoisotopic (exact) mass is 394 g/mol. The van der Waals surface area contributed by atoms with Crippen molar-refractivity contribution in [2.24, 2.45) is 0 Å². The molecule has 0 saturated heterocycles. The number of H-pyrrole nitrogens is 1. The minimum absolute atomic E-state index is 0.0448. The average Bonchev–Trinajstić information content (AvgIpc) is 3.20. The fourth-order valence-electron chi connectivity index (χ4n) is 2.68. The normalized spacial score (nSPS) is 10.4. The van der Waals surface area contributed by atoms with Crippen LogP contribution in [0.3, 0.4) is 0 Å². The number of nitrogens with zero attached hydrogens (tertiary/aromatic N) is 2. The van der Waals surface area contributed by atoms with Crippen LogP contribution in [0.15, 0.2) is 48.8 Å². The van der Waals surface area contributed by atoms with Gasteiger partial charge in [-0.1, -0.05) is 0 Å². The van der Waals surface area contributed by atoms with Gasteiger partial charge in [-0.05, 0) is 43.7 Å². The van der Waals surface area contributed by atoms with Gasteiger partial charge >= 0.3 is 0 Å². The minimum atomic E-state index is -0.156. The van der Waals surface area contributed by atoms with Gasteiger partial charge in [-0.3, -0.25) is 19.7 Å². The molecule has 8 heteroatoms. The molecule has 0 aliphatic rings. The number of pyridine rings is 1. The zero-order valence-electron chi connectivity index (χ0n) is 16.3. The van der Waals surface area contributed by atoms with Crippen molar-refractivity contribution in [1.82, 2.24) is 15.2 Å². The van der Waals surface area contributed by atoms with Crippen molar-refractivity contribution in [2.45, 2.75) is 19.8 Å². The van der Waals surface area contributed by atoms with Crippen molar-refractivity contribution in [3.05, 3.63) is 54.4 Å². The number of Topliss-reactive ketones (excluding diaryl/α,β-unsaturated/α-hetero) is 1. The number of carbonyl (C=O) groups is 2. The lowest BCUT2D eigenvalue weighted by Crippen LogP contribution is -2.13. The summed E-state index contributed by atoms with van der Waals surface area (Å²) in [6, 6.07) is 10.5. The van der Waals surface area contributed by atoms with Gasteiger partial charge in [-0.25, -0.2) is 0 Å². The molecule has 29 heavy (non-hydrogen) atoms. The first kappa shape index (κ1) is 20.1. The molecule has 2 N–H and O–H groups in total. The van der Waals surface area contributed by atoms with Crippen molar-refractivity contribution >= 4 is 17.5 Å². The Morgan fingerprint density at radius 2 is 2.03 bits per heavy atom. The second-order valence-corrected chi connectivity index (χ2v) is 6.33. The second-order valence-electron chi connectivity index (χ2n) is 6.33.